The molecule has 0 aliphatic carbocycles. The average Bonchev–Trinajstić information content (AvgIpc) is 2.92. The molecule has 1 N–H and O–H groups in total. The number of aromatic nitrogens is 3. The van der Waals surface area contributed by atoms with Crippen LogP contribution >= 0.6 is 0 Å². The summed E-state index contributed by atoms with van der Waals surface area (Å²) in [6.07, 6.45) is 4.08. The Labute approximate surface area is 141 Å². The normalized spacial score (nSPS) is 12.5. The van der Waals surface area contributed by atoms with Crippen LogP contribution in [-0.2, 0) is 7.05 Å². The van der Waals surface area contributed by atoms with E-state index in [9.17, 15) is 4.79 Å². The summed E-state index contributed by atoms with van der Waals surface area (Å²) in [5.41, 5.74) is 2.62. The van der Waals surface area contributed by atoms with Gasteiger partial charge in [0, 0.05) is 25.0 Å². The van der Waals surface area contributed by atoms with E-state index < -0.39 is 0 Å². The largest absolute Gasteiger partial charge is 0.342 e. The number of pyridine rings is 1. The Morgan fingerprint density at radius 3 is 2.54 bits per heavy atom. The third kappa shape index (κ3) is 3.30. The number of fused-ring (bicyclic) bond motifs is 1. The summed E-state index contributed by atoms with van der Waals surface area (Å²) >= 11 is 0. The molecule has 124 valence electrons. The highest BCUT2D eigenvalue weighted by Crippen LogP contribution is 2.24. The third-order valence-electron chi connectivity index (χ3n) is 4.09. The Hall–Kier alpha value is -2.69. The maximum atomic E-state index is 12.6. The highest BCUT2D eigenvalue weighted by atomic mass is 16.1. The number of aryl methyl sites for hydroxylation is 1. The van der Waals surface area contributed by atoms with Crippen LogP contribution in [0.1, 0.15) is 42.5 Å². The van der Waals surface area contributed by atoms with Crippen molar-refractivity contribution in [1.82, 2.24) is 19.9 Å². The van der Waals surface area contributed by atoms with Gasteiger partial charge in [-0.15, -0.1) is 0 Å². The molecule has 1 atom stereocenters. The second-order valence-corrected chi connectivity index (χ2v) is 6.41. The molecule has 2 heterocycles. The molecule has 0 aliphatic rings. The van der Waals surface area contributed by atoms with E-state index in [-0.39, 0.29) is 11.9 Å². The molecular weight excluding hydrogens is 300 g/mol. The van der Waals surface area contributed by atoms with Gasteiger partial charge in [0.1, 0.15) is 5.82 Å². The van der Waals surface area contributed by atoms with Gasteiger partial charge in [-0.3, -0.25) is 9.78 Å². The lowest BCUT2D eigenvalue weighted by atomic mass is 10.0. The van der Waals surface area contributed by atoms with Crippen LogP contribution in [0.5, 0.6) is 0 Å². The molecule has 0 spiro atoms. The minimum absolute atomic E-state index is 0.102. The van der Waals surface area contributed by atoms with E-state index in [1.54, 1.807) is 24.5 Å². The van der Waals surface area contributed by atoms with Crippen LogP contribution < -0.4 is 5.32 Å². The first-order valence-electron chi connectivity index (χ1n) is 8.18. The van der Waals surface area contributed by atoms with Crippen molar-refractivity contribution in [3.63, 3.8) is 0 Å². The molecule has 5 nitrogen and oxygen atoms in total. The minimum Gasteiger partial charge on any atom is -0.342 e. The van der Waals surface area contributed by atoms with Crippen molar-refractivity contribution >= 4 is 16.9 Å². The highest BCUT2D eigenvalue weighted by molar-refractivity contribution is 5.94. The Kier molecular flexibility index (Phi) is 4.60. The third-order valence-corrected chi connectivity index (χ3v) is 4.09. The van der Waals surface area contributed by atoms with Crippen molar-refractivity contribution in [1.29, 1.82) is 0 Å². The fraction of sp³-hybridized carbons (Fsp3) is 0.316. The van der Waals surface area contributed by atoms with Crippen LogP contribution in [-0.4, -0.2) is 20.4 Å². The van der Waals surface area contributed by atoms with Crippen LogP contribution in [0, 0.1) is 5.92 Å². The molecule has 0 unspecified atom stereocenters. The van der Waals surface area contributed by atoms with Gasteiger partial charge < -0.3 is 9.88 Å². The number of para-hydroxylation sites is 2. The van der Waals surface area contributed by atoms with Crippen molar-refractivity contribution in [2.24, 2.45) is 13.0 Å². The van der Waals surface area contributed by atoms with Crippen LogP contribution in [0.15, 0.2) is 48.8 Å². The molecule has 0 radical (unpaired) electrons. The lowest BCUT2D eigenvalue weighted by molar-refractivity contribution is 0.0929. The van der Waals surface area contributed by atoms with E-state index in [1.807, 2.05) is 31.3 Å². The second kappa shape index (κ2) is 6.83. The Morgan fingerprint density at radius 2 is 1.88 bits per heavy atom. The summed E-state index contributed by atoms with van der Waals surface area (Å²) in [6, 6.07) is 11.3. The molecule has 2 aromatic heterocycles. The summed E-state index contributed by atoms with van der Waals surface area (Å²) in [7, 11) is 2.00. The van der Waals surface area contributed by atoms with E-state index in [0.717, 1.165) is 23.3 Å². The van der Waals surface area contributed by atoms with E-state index in [4.69, 9.17) is 4.98 Å². The highest BCUT2D eigenvalue weighted by Gasteiger charge is 2.22. The Balaban J connectivity index is 1.93. The van der Waals surface area contributed by atoms with Gasteiger partial charge in [-0.1, -0.05) is 26.0 Å². The summed E-state index contributed by atoms with van der Waals surface area (Å²) in [5.74, 6) is 1.22. The van der Waals surface area contributed by atoms with Crippen molar-refractivity contribution in [3.8, 4) is 0 Å². The molecule has 3 aromatic rings. The molecular formula is C19H22N4O. The fourth-order valence-electron chi connectivity index (χ4n) is 2.92. The Bertz CT molecular complexity index is 839. The van der Waals surface area contributed by atoms with Gasteiger partial charge >= 0.3 is 0 Å². The van der Waals surface area contributed by atoms with Crippen molar-refractivity contribution < 1.29 is 4.79 Å². The number of amides is 1. The molecule has 1 amide bonds. The summed E-state index contributed by atoms with van der Waals surface area (Å²) < 4.78 is 2.06. The molecule has 5 heteroatoms. The predicted octanol–water partition coefficient (Wildman–Crippen LogP) is 3.49. The lowest BCUT2D eigenvalue weighted by Crippen LogP contribution is -2.31. The van der Waals surface area contributed by atoms with Crippen molar-refractivity contribution in [2.75, 3.05) is 0 Å². The van der Waals surface area contributed by atoms with E-state index in [2.05, 4.69) is 28.7 Å². The van der Waals surface area contributed by atoms with E-state index >= 15 is 0 Å². The first-order valence-corrected chi connectivity index (χ1v) is 8.18. The number of benzene rings is 1. The number of carbonyl (C=O) groups is 1. The molecule has 0 aliphatic heterocycles. The predicted molar refractivity (Wildman–Crippen MR) is 94.6 cm³/mol. The van der Waals surface area contributed by atoms with Gasteiger partial charge in [0.25, 0.3) is 5.91 Å². The number of carbonyl (C=O) groups excluding carboxylic acids is 1. The summed E-state index contributed by atoms with van der Waals surface area (Å²) in [6.45, 7) is 4.29. The molecule has 0 saturated carbocycles. The maximum absolute atomic E-state index is 12.6. The smallest absolute Gasteiger partial charge is 0.251 e. The van der Waals surface area contributed by atoms with Gasteiger partial charge in [0.15, 0.2) is 0 Å². The maximum Gasteiger partial charge on any atom is 0.251 e. The quantitative estimate of drug-likeness (QED) is 0.782. The first-order chi connectivity index (χ1) is 11.6. The SMILES string of the molecule is CC(C)C[C@@H](NC(=O)c1ccncc1)c1nc2ccccc2n1C. The molecule has 0 fully saturated rings. The Morgan fingerprint density at radius 1 is 1.17 bits per heavy atom. The van der Waals surface area contributed by atoms with Gasteiger partial charge in [-0.25, -0.2) is 4.98 Å². The number of nitrogens with zero attached hydrogens (tertiary/aromatic N) is 3. The fourth-order valence-corrected chi connectivity index (χ4v) is 2.92. The molecule has 3 rings (SSSR count). The topological polar surface area (TPSA) is 59.8 Å². The average molecular weight is 322 g/mol. The molecule has 0 saturated heterocycles. The minimum atomic E-state index is -0.136. The van der Waals surface area contributed by atoms with Crippen molar-refractivity contribution in [3.05, 3.63) is 60.2 Å². The van der Waals surface area contributed by atoms with Gasteiger partial charge in [0.2, 0.25) is 0 Å². The van der Waals surface area contributed by atoms with Crippen LogP contribution in [0.3, 0.4) is 0 Å². The standard InChI is InChI=1S/C19H22N4O/c1-13(2)12-16(22-19(24)14-8-10-20-11-9-14)18-21-15-6-4-5-7-17(15)23(18)3/h4-11,13,16H,12H2,1-3H3,(H,22,24)/t16-/m1/s1. The number of imidazole rings is 1. The summed E-state index contributed by atoms with van der Waals surface area (Å²) in [4.78, 5) is 21.3. The van der Waals surface area contributed by atoms with Crippen LogP contribution in [0.25, 0.3) is 11.0 Å². The first kappa shape index (κ1) is 16.2. The van der Waals surface area contributed by atoms with Gasteiger partial charge in [-0.2, -0.15) is 0 Å². The number of hydrogen-bond donors (Lipinski definition) is 1. The van der Waals surface area contributed by atoms with E-state index in [1.165, 1.54) is 0 Å². The van der Waals surface area contributed by atoms with Gasteiger partial charge in [0.05, 0.1) is 17.1 Å². The van der Waals surface area contributed by atoms with E-state index in [0.29, 0.717) is 11.5 Å². The van der Waals surface area contributed by atoms with Crippen LogP contribution in [0.2, 0.25) is 0 Å². The molecule has 1 aromatic carbocycles. The zero-order valence-electron chi connectivity index (χ0n) is 14.2. The number of nitrogens with one attached hydrogen (secondary N) is 1. The summed E-state index contributed by atoms with van der Waals surface area (Å²) in [5, 5.41) is 3.13. The zero-order chi connectivity index (χ0) is 17.1. The number of hydrogen-bond acceptors (Lipinski definition) is 3. The number of rotatable bonds is 5. The van der Waals surface area contributed by atoms with Gasteiger partial charge in [-0.05, 0) is 36.6 Å². The lowest BCUT2D eigenvalue weighted by Gasteiger charge is -2.20. The molecule has 24 heavy (non-hydrogen) atoms. The van der Waals surface area contributed by atoms with Crippen molar-refractivity contribution in [2.45, 2.75) is 26.3 Å². The zero-order valence-corrected chi connectivity index (χ0v) is 14.2. The molecule has 0 bridgehead atoms. The second-order valence-electron chi connectivity index (χ2n) is 6.41. The van der Waals surface area contributed by atoms with Crippen LogP contribution in [0.4, 0.5) is 0 Å². The monoisotopic (exact) mass is 322 g/mol.